The van der Waals surface area contributed by atoms with Crippen molar-refractivity contribution in [1.29, 1.82) is 0 Å². The molecule has 1 aromatic heterocycles. The molecule has 2 aromatic rings. The lowest BCUT2D eigenvalue weighted by molar-refractivity contribution is -0.135. The van der Waals surface area contributed by atoms with Crippen LogP contribution in [0, 0.1) is 0 Å². The van der Waals surface area contributed by atoms with Crippen LogP contribution < -0.4 is 5.56 Å². The van der Waals surface area contributed by atoms with Crippen LogP contribution in [0.4, 0.5) is 0 Å². The summed E-state index contributed by atoms with van der Waals surface area (Å²) in [6.07, 6.45) is 1.76. The molecular formula is C22H29N3O4S. The van der Waals surface area contributed by atoms with Crippen molar-refractivity contribution < 1.29 is 14.3 Å². The monoisotopic (exact) mass is 431 g/mol. The van der Waals surface area contributed by atoms with Crippen molar-refractivity contribution in [2.24, 2.45) is 7.05 Å². The molecule has 0 aliphatic carbocycles. The van der Waals surface area contributed by atoms with Gasteiger partial charge in [-0.1, -0.05) is 42.1 Å². The first-order valence-electron chi connectivity index (χ1n) is 10.2. The Morgan fingerprint density at radius 2 is 1.97 bits per heavy atom. The minimum Gasteiger partial charge on any atom is -0.378 e. The second-order valence-electron chi connectivity index (χ2n) is 7.22. The highest BCUT2D eigenvalue weighted by molar-refractivity contribution is 7.99. The summed E-state index contributed by atoms with van der Waals surface area (Å²) in [5.74, 6) is 0.889. The van der Waals surface area contributed by atoms with Gasteiger partial charge in [-0.15, -0.1) is 0 Å². The van der Waals surface area contributed by atoms with Crippen molar-refractivity contribution in [3.63, 3.8) is 0 Å². The van der Waals surface area contributed by atoms with Gasteiger partial charge in [0.05, 0.1) is 25.5 Å². The number of methoxy groups -OCH3 is 1. The number of rotatable bonds is 9. The third-order valence-corrected chi connectivity index (χ3v) is 6.18. The fourth-order valence-corrected chi connectivity index (χ4v) is 4.31. The molecule has 1 aromatic carbocycles. The first kappa shape index (κ1) is 22.5. The van der Waals surface area contributed by atoms with Gasteiger partial charge in [0.1, 0.15) is 0 Å². The van der Waals surface area contributed by atoms with Crippen LogP contribution in [0.15, 0.2) is 40.3 Å². The van der Waals surface area contributed by atoms with E-state index in [0.717, 1.165) is 17.7 Å². The van der Waals surface area contributed by atoms with E-state index in [4.69, 9.17) is 14.5 Å². The number of thioether (sulfide) groups is 1. The quantitative estimate of drug-likeness (QED) is 0.344. The molecule has 0 spiro atoms. The van der Waals surface area contributed by atoms with Crippen LogP contribution >= 0.6 is 11.8 Å². The lowest BCUT2D eigenvalue weighted by Crippen LogP contribution is -2.40. The van der Waals surface area contributed by atoms with Crippen molar-refractivity contribution in [2.45, 2.75) is 31.0 Å². The Bertz CT molecular complexity index is 895. The zero-order valence-corrected chi connectivity index (χ0v) is 18.5. The summed E-state index contributed by atoms with van der Waals surface area (Å²) in [5, 5.41) is 0.655. The number of ether oxygens (including phenoxy) is 2. The minimum atomic E-state index is -0.0483. The Balaban J connectivity index is 1.64. The molecule has 0 saturated carbocycles. The Labute approximate surface area is 181 Å². The number of benzene rings is 1. The number of aromatic nitrogens is 2. The van der Waals surface area contributed by atoms with E-state index in [2.05, 4.69) is 0 Å². The van der Waals surface area contributed by atoms with E-state index >= 15 is 0 Å². The average molecular weight is 432 g/mol. The molecule has 7 nitrogen and oxygen atoms in total. The zero-order valence-electron chi connectivity index (χ0n) is 17.6. The third-order valence-electron chi connectivity index (χ3n) is 5.06. The Hall–Kier alpha value is -2.16. The number of carbonyl (C=O) groups is 1. The molecule has 30 heavy (non-hydrogen) atoms. The maximum atomic E-state index is 13.0. The number of carbonyl (C=O) groups excluding carboxylic acids is 1. The van der Waals surface area contributed by atoms with E-state index < -0.39 is 0 Å². The van der Waals surface area contributed by atoms with Crippen LogP contribution in [0.25, 0.3) is 0 Å². The number of amides is 1. The molecule has 3 rings (SSSR count). The molecule has 0 unspecified atom stereocenters. The van der Waals surface area contributed by atoms with Crippen LogP contribution in [0.5, 0.6) is 0 Å². The SMILES string of the molecule is COCc1nc(SCCCC(=O)N2CCOCC2)n(C)c(=O)c1Cc1ccccc1. The smallest absolute Gasteiger partial charge is 0.257 e. The highest BCUT2D eigenvalue weighted by atomic mass is 32.2. The number of nitrogens with zero attached hydrogens (tertiary/aromatic N) is 3. The molecule has 8 heteroatoms. The van der Waals surface area contributed by atoms with Crippen molar-refractivity contribution in [3.8, 4) is 0 Å². The third kappa shape index (κ3) is 5.93. The van der Waals surface area contributed by atoms with E-state index in [-0.39, 0.29) is 11.5 Å². The molecule has 0 N–H and O–H groups in total. The summed E-state index contributed by atoms with van der Waals surface area (Å²) in [4.78, 5) is 31.9. The van der Waals surface area contributed by atoms with Crippen LogP contribution in [0.1, 0.15) is 29.7 Å². The zero-order chi connectivity index (χ0) is 21.3. The molecule has 0 atom stereocenters. The van der Waals surface area contributed by atoms with E-state index in [9.17, 15) is 9.59 Å². The van der Waals surface area contributed by atoms with Gasteiger partial charge in [0.25, 0.3) is 5.56 Å². The van der Waals surface area contributed by atoms with E-state index in [1.54, 1.807) is 18.7 Å². The van der Waals surface area contributed by atoms with Crippen molar-refractivity contribution in [1.82, 2.24) is 14.5 Å². The molecule has 1 saturated heterocycles. The predicted molar refractivity (Wildman–Crippen MR) is 117 cm³/mol. The van der Waals surface area contributed by atoms with Crippen molar-refractivity contribution >= 4 is 17.7 Å². The maximum absolute atomic E-state index is 13.0. The lowest BCUT2D eigenvalue weighted by atomic mass is 10.0. The van der Waals surface area contributed by atoms with Gasteiger partial charge < -0.3 is 14.4 Å². The van der Waals surface area contributed by atoms with Gasteiger partial charge in [-0.3, -0.25) is 14.2 Å². The van der Waals surface area contributed by atoms with Crippen molar-refractivity contribution in [2.75, 3.05) is 39.2 Å². The topological polar surface area (TPSA) is 73.7 Å². The number of hydrogen-bond donors (Lipinski definition) is 0. The second-order valence-corrected chi connectivity index (χ2v) is 8.29. The molecule has 162 valence electrons. The second kappa shape index (κ2) is 11.3. The molecule has 2 heterocycles. The summed E-state index contributed by atoms with van der Waals surface area (Å²) in [5.41, 5.74) is 2.36. The largest absolute Gasteiger partial charge is 0.378 e. The van der Waals surface area contributed by atoms with Crippen LogP contribution in [-0.4, -0.2) is 59.5 Å². The van der Waals surface area contributed by atoms with Gasteiger partial charge in [-0.25, -0.2) is 4.98 Å². The summed E-state index contributed by atoms with van der Waals surface area (Å²) in [6.45, 7) is 2.87. The van der Waals surface area contributed by atoms with Gasteiger partial charge in [-0.2, -0.15) is 0 Å². The highest BCUT2D eigenvalue weighted by Crippen LogP contribution is 2.19. The van der Waals surface area contributed by atoms with Crippen molar-refractivity contribution in [3.05, 3.63) is 57.5 Å². The number of hydrogen-bond acceptors (Lipinski definition) is 6. The van der Waals surface area contributed by atoms with E-state index in [0.29, 0.717) is 62.2 Å². The van der Waals surface area contributed by atoms with Crippen LogP contribution in [0.3, 0.4) is 0 Å². The molecule has 1 fully saturated rings. The first-order valence-corrected chi connectivity index (χ1v) is 11.2. The standard InChI is InChI=1S/C22H29N3O4S/c1-24-21(27)18(15-17-7-4-3-5-8-17)19(16-28-2)23-22(24)30-14-6-9-20(26)25-10-12-29-13-11-25/h3-5,7-8H,6,9-16H2,1-2H3. The average Bonchev–Trinajstić information content (AvgIpc) is 2.78. The van der Waals surface area contributed by atoms with Crippen LogP contribution in [-0.2, 0) is 34.3 Å². The summed E-state index contributed by atoms with van der Waals surface area (Å²) >= 11 is 1.51. The number of morpholine rings is 1. The molecule has 0 radical (unpaired) electrons. The minimum absolute atomic E-state index is 0.0483. The lowest BCUT2D eigenvalue weighted by Gasteiger charge is -2.26. The predicted octanol–water partition coefficient (Wildman–Crippen LogP) is 2.25. The van der Waals surface area contributed by atoms with Crippen LogP contribution in [0.2, 0.25) is 0 Å². The molecule has 1 aliphatic heterocycles. The van der Waals surface area contributed by atoms with Gasteiger partial charge in [0.15, 0.2) is 5.16 Å². The molecule has 0 bridgehead atoms. The molecule has 1 aliphatic rings. The fraction of sp³-hybridized carbons (Fsp3) is 0.500. The first-order chi connectivity index (χ1) is 14.6. The van der Waals surface area contributed by atoms with Gasteiger partial charge in [0.2, 0.25) is 5.91 Å². The van der Waals surface area contributed by atoms with Gasteiger partial charge in [0, 0.05) is 51.4 Å². The summed E-state index contributed by atoms with van der Waals surface area (Å²) < 4.78 is 12.2. The van der Waals surface area contributed by atoms with Gasteiger partial charge in [-0.05, 0) is 12.0 Å². The Morgan fingerprint density at radius 3 is 2.67 bits per heavy atom. The summed E-state index contributed by atoms with van der Waals surface area (Å²) in [6, 6.07) is 9.89. The van der Waals surface area contributed by atoms with Gasteiger partial charge >= 0.3 is 0 Å². The highest BCUT2D eigenvalue weighted by Gasteiger charge is 2.18. The molecular weight excluding hydrogens is 402 g/mol. The maximum Gasteiger partial charge on any atom is 0.257 e. The normalized spacial score (nSPS) is 14.1. The fourth-order valence-electron chi connectivity index (χ4n) is 3.39. The van der Waals surface area contributed by atoms with E-state index in [1.165, 1.54) is 11.8 Å². The Morgan fingerprint density at radius 1 is 1.23 bits per heavy atom. The summed E-state index contributed by atoms with van der Waals surface area (Å²) in [7, 11) is 3.36. The van der Waals surface area contributed by atoms with E-state index in [1.807, 2.05) is 35.2 Å². The Kier molecular flexibility index (Phi) is 8.48. The molecule has 1 amide bonds.